The first-order valence-electron chi connectivity index (χ1n) is 4.30. The van der Waals surface area contributed by atoms with E-state index in [0.717, 1.165) is 0 Å². The lowest BCUT2D eigenvalue weighted by molar-refractivity contribution is -0.384. The number of halogens is 1. The molecule has 0 aliphatic carbocycles. The Hall–Kier alpha value is -1.42. The van der Waals surface area contributed by atoms with E-state index in [1.165, 1.54) is 24.3 Å². The van der Waals surface area contributed by atoms with Crippen molar-refractivity contribution in [2.45, 2.75) is 18.7 Å². The van der Waals surface area contributed by atoms with Crippen molar-refractivity contribution in [3.8, 4) is 0 Å². The highest BCUT2D eigenvalue weighted by molar-refractivity contribution is 6.37. The molecule has 1 aromatic carbocycles. The van der Waals surface area contributed by atoms with Gasteiger partial charge in [0.15, 0.2) is 5.78 Å². The maximum absolute atomic E-state index is 11.6. The number of benzene rings is 1. The molecular formula is C10H10ClNO3. The summed E-state index contributed by atoms with van der Waals surface area (Å²) in [6.07, 6.45) is 0. The fourth-order valence-corrected chi connectivity index (χ4v) is 1.19. The summed E-state index contributed by atoms with van der Waals surface area (Å²) in [7, 11) is 0. The standard InChI is InChI=1S/C10H10ClNO3/c1-10(2,11)9(13)7-3-5-8(6-4-7)12(14)15/h3-6H,1-2H3. The third-order valence-electron chi connectivity index (χ3n) is 1.88. The van der Waals surface area contributed by atoms with Crippen LogP contribution in [0.25, 0.3) is 0 Å². The quantitative estimate of drug-likeness (QED) is 0.345. The fourth-order valence-electron chi connectivity index (χ4n) is 1.08. The lowest BCUT2D eigenvalue weighted by Gasteiger charge is -2.13. The minimum absolute atomic E-state index is 0.0427. The van der Waals surface area contributed by atoms with Crippen molar-refractivity contribution in [2.24, 2.45) is 0 Å². The van der Waals surface area contributed by atoms with Gasteiger partial charge in [-0.25, -0.2) is 0 Å². The predicted molar refractivity (Wildman–Crippen MR) is 57.4 cm³/mol. The first-order valence-corrected chi connectivity index (χ1v) is 4.68. The smallest absolute Gasteiger partial charge is 0.269 e. The molecule has 0 radical (unpaired) electrons. The van der Waals surface area contributed by atoms with Crippen molar-refractivity contribution in [1.82, 2.24) is 0 Å². The summed E-state index contributed by atoms with van der Waals surface area (Å²) in [5.41, 5.74) is 0.333. The Labute approximate surface area is 92.0 Å². The van der Waals surface area contributed by atoms with E-state index < -0.39 is 9.80 Å². The molecule has 80 valence electrons. The average Bonchev–Trinajstić information content (AvgIpc) is 2.15. The Balaban J connectivity index is 3.00. The highest BCUT2D eigenvalue weighted by atomic mass is 35.5. The fraction of sp³-hybridized carbons (Fsp3) is 0.300. The Morgan fingerprint density at radius 3 is 2.13 bits per heavy atom. The second-order valence-corrected chi connectivity index (χ2v) is 4.55. The molecule has 1 rings (SSSR count). The number of rotatable bonds is 3. The zero-order valence-electron chi connectivity index (χ0n) is 8.36. The largest absolute Gasteiger partial charge is 0.292 e. The number of Topliss-reactive ketones (excluding diaryl/α,β-unsaturated/α-hetero) is 1. The van der Waals surface area contributed by atoms with Crippen molar-refractivity contribution in [2.75, 3.05) is 0 Å². The number of non-ortho nitro benzene ring substituents is 1. The summed E-state index contributed by atoms with van der Waals surface area (Å²) < 4.78 is 0. The van der Waals surface area contributed by atoms with Crippen LogP contribution >= 0.6 is 11.6 Å². The third kappa shape index (κ3) is 2.76. The molecule has 4 nitrogen and oxygen atoms in total. The van der Waals surface area contributed by atoms with Crippen LogP contribution in [0.15, 0.2) is 24.3 Å². The van der Waals surface area contributed by atoms with Gasteiger partial charge in [0.2, 0.25) is 0 Å². The molecule has 0 N–H and O–H groups in total. The number of carbonyl (C=O) groups excluding carboxylic acids is 1. The van der Waals surface area contributed by atoms with E-state index >= 15 is 0 Å². The molecule has 0 aromatic heterocycles. The molecule has 0 aliphatic rings. The molecule has 0 bridgehead atoms. The number of nitrogens with zero attached hydrogens (tertiary/aromatic N) is 1. The van der Waals surface area contributed by atoms with E-state index in [-0.39, 0.29) is 11.5 Å². The number of alkyl halides is 1. The second-order valence-electron chi connectivity index (χ2n) is 3.61. The van der Waals surface area contributed by atoms with Crippen LogP contribution in [0.1, 0.15) is 24.2 Å². The molecule has 0 fully saturated rings. The van der Waals surface area contributed by atoms with Crippen LogP contribution in [0.4, 0.5) is 5.69 Å². The predicted octanol–water partition coefficient (Wildman–Crippen LogP) is 2.79. The Bertz CT molecular complexity index is 392. The summed E-state index contributed by atoms with van der Waals surface area (Å²) >= 11 is 5.84. The highest BCUT2D eigenvalue weighted by Crippen LogP contribution is 2.21. The van der Waals surface area contributed by atoms with Crippen molar-refractivity contribution >= 4 is 23.1 Å². The third-order valence-corrected chi connectivity index (χ3v) is 2.05. The van der Waals surface area contributed by atoms with Crippen LogP contribution in [-0.4, -0.2) is 15.6 Å². The highest BCUT2D eigenvalue weighted by Gasteiger charge is 2.25. The minimum atomic E-state index is -0.990. The zero-order chi connectivity index (χ0) is 11.6. The summed E-state index contributed by atoms with van der Waals surface area (Å²) in [5, 5.41) is 10.4. The van der Waals surface area contributed by atoms with E-state index in [1.54, 1.807) is 13.8 Å². The number of hydrogen-bond donors (Lipinski definition) is 0. The molecular weight excluding hydrogens is 218 g/mol. The van der Waals surface area contributed by atoms with E-state index in [2.05, 4.69) is 0 Å². The van der Waals surface area contributed by atoms with Gasteiger partial charge in [0, 0.05) is 17.7 Å². The number of nitro groups is 1. The SMILES string of the molecule is CC(C)(Cl)C(=O)c1ccc([N+](=O)[O-])cc1. The van der Waals surface area contributed by atoms with E-state index in [1.807, 2.05) is 0 Å². The molecule has 0 saturated heterocycles. The van der Waals surface area contributed by atoms with Gasteiger partial charge in [-0.15, -0.1) is 11.6 Å². The van der Waals surface area contributed by atoms with Gasteiger partial charge < -0.3 is 0 Å². The molecule has 0 saturated carbocycles. The number of hydrogen-bond acceptors (Lipinski definition) is 3. The van der Waals surface area contributed by atoms with Gasteiger partial charge in [-0.2, -0.15) is 0 Å². The van der Waals surface area contributed by atoms with Gasteiger partial charge in [0.25, 0.3) is 5.69 Å². The first-order chi connectivity index (χ1) is 6.82. The monoisotopic (exact) mass is 227 g/mol. The van der Waals surface area contributed by atoms with Crippen molar-refractivity contribution in [3.63, 3.8) is 0 Å². The Kier molecular flexibility index (Phi) is 3.09. The topological polar surface area (TPSA) is 60.2 Å². The molecule has 0 atom stereocenters. The van der Waals surface area contributed by atoms with Gasteiger partial charge in [-0.1, -0.05) is 0 Å². The number of carbonyl (C=O) groups is 1. The van der Waals surface area contributed by atoms with Crippen LogP contribution in [0, 0.1) is 10.1 Å². The van der Waals surface area contributed by atoms with Gasteiger partial charge in [-0.05, 0) is 26.0 Å². The molecule has 0 heterocycles. The van der Waals surface area contributed by atoms with Gasteiger partial charge >= 0.3 is 0 Å². The molecule has 0 amide bonds. The lowest BCUT2D eigenvalue weighted by atomic mass is 10.0. The normalized spacial score (nSPS) is 11.1. The molecule has 0 spiro atoms. The van der Waals surface area contributed by atoms with E-state index in [0.29, 0.717) is 5.56 Å². The molecule has 0 aliphatic heterocycles. The second kappa shape index (κ2) is 3.98. The van der Waals surface area contributed by atoms with Gasteiger partial charge in [0.1, 0.15) is 4.87 Å². The van der Waals surface area contributed by atoms with E-state index in [4.69, 9.17) is 11.6 Å². The average molecular weight is 228 g/mol. The Morgan fingerprint density at radius 2 is 1.80 bits per heavy atom. The first kappa shape index (κ1) is 11.7. The Morgan fingerprint density at radius 1 is 1.33 bits per heavy atom. The molecule has 15 heavy (non-hydrogen) atoms. The van der Waals surface area contributed by atoms with Crippen molar-refractivity contribution in [3.05, 3.63) is 39.9 Å². The van der Waals surface area contributed by atoms with Crippen LogP contribution in [-0.2, 0) is 0 Å². The van der Waals surface area contributed by atoms with Crippen LogP contribution < -0.4 is 0 Å². The number of ketones is 1. The summed E-state index contributed by atoms with van der Waals surface area (Å²) in [6, 6.07) is 5.39. The maximum Gasteiger partial charge on any atom is 0.269 e. The maximum atomic E-state index is 11.6. The minimum Gasteiger partial charge on any atom is -0.292 e. The molecule has 5 heteroatoms. The molecule has 1 aromatic rings. The summed E-state index contributed by atoms with van der Waals surface area (Å²) in [6.45, 7) is 3.16. The van der Waals surface area contributed by atoms with Crippen molar-refractivity contribution < 1.29 is 9.72 Å². The lowest BCUT2D eigenvalue weighted by Crippen LogP contribution is -2.24. The van der Waals surface area contributed by atoms with Gasteiger partial charge in [0.05, 0.1) is 4.92 Å². The van der Waals surface area contributed by atoms with E-state index in [9.17, 15) is 14.9 Å². The zero-order valence-corrected chi connectivity index (χ0v) is 9.12. The van der Waals surface area contributed by atoms with Gasteiger partial charge in [-0.3, -0.25) is 14.9 Å². The number of nitro benzene ring substituents is 1. The van der Waals surface area contributed by atoms with Crippen LogP contribution in [0.2, 0.25) is 0 Å². The molecule has 0 unspecified atom stereocenters. The van der Waals surface area contributed by atoms with Crippen LogP contribution in [0.5, 0.6) is 0 Å². The van der Waals surface area contributed by atoms with Crippen molar-refractivity contribution in [1.29, 1.82) is 0 Å². The summed E-state index contributed by atoms with van der Waals surface area (Å²) in [4.78, 5) is 20.5. The summed E-state index contributed by atoms with van der Waals surface area (Å²) in [5.74, 6) is -0.251. The van der Waals surface area contributed by atoms with Crippen LogP contribution in [0.3, 0.4) is 0 Å².